The number of nitrogens with zero attached hydrogens (tertiary/aromatic N) is 1. The Bertz CT molecular complexity index is 651. The lowest BCUT2D eigenvalue weighted by Gasteiger charge is -2.32. The van der Waals surface area contributed by atoms with Crippen LogP contribution >= 0.6 is 12.4 Å². The van der Waals surface area contributed by atoms with Crippen molar-refractivity contribution in [3.63, 3.8) is 0 Å². The number of hydrogen-bond donors (Lipinski definition) is 2. The quantitative estimate of drug-likeness (QED) is 0.603. The van der Waals surface area contributed by atoms with E-state index in [0.29, 0.717) is 38.3 Å². The van der Waals surface area contributed by atoms with E-state index >= 15 is 0 Å². The molecule has 3 N–H and O–H groups in total. The van der Waals surface area contributed by atoms with Gasteiger partial charge < -0.3 is 20.7 Å². The Morgan fingerprint density at radius 3 is 2.57 bits per heavy atom. The molecule has 0 aromatic heterocycles. The molecular formula is C20H30ClN3O4. The summed E-state index contributed by atoms with van der Waals surface area (Å²) in [6, 6.07) is 6.95. The molecule has 1 saturated heterocycles. The third-order valence-electron chi connectivity index (χ3n) is 4.64. The first-order valence-electron chi connectivity index (χ1n) is 9.56. The van der Waals surface area contributed by atoms with Gasteiger partial charge in [0.1, 0.15) is 5.75 Å². The van der Waals surface area contributed by atoms with Crippen molar-refractivity contribution >= 4 is 30.0 Å². The van der Waals surface area contributed by atoms with Crippen molar-refractivity contribution in [2.75, 3.05) is 32.8 Å². The van der Waals surface area contributed by atoms with E-state index < -0.39 is 0 Å². The third-order valence-corrected chi connectivity index (χ3v) is 4.64. The second-order valence-corrected chi connectivity index (χ2v) is 6.64. The monoisotopic (exact) mass is 411 g/mol. The summed E-state index contributed by atoms with van der Waals surface area (Å²) in [4.78, 5) is 38.5. The van der Waals surface area contributed by atoms with Crippen molar-refractivity contribution in [1.29, 1.82) is 0 Å². The largest absolute Gasteiger partial charge is 0.494 e. The predicted molar refractivity (Wildman–Crippen MR) is 110 cm³/mol. The molecule has 8 heteroatoms. The fraction of sp³-hybridized carbons (Fsp3) is 0.550. The lowest BCUT2D eigenvalue weighted by atomic mass is 9.96. The van der Waals surface area contributed by atoms with Gasteiger partial charge in [0.15, 0.2) is 5.78 Å². The summed E-state index contributed by atoms with van der Waals surface area (Å²) in [7, 11) is 0. The number of carbonyl (C=O) groups is 3. The highest BCUT2D eigenvalue weighted by Crippen LogP contribution is 2.19. The molecule has 0 bridgehead atoms. The number of likely N-dealkylation sites (tertiary alicyclic amines) is 1. The van der Waals surface area contributed by atoms with Crippen molar-refractivity contribution in [1.82, 2.24) is 10.2 Å². The van der Waals surface area contributed by atoms with Crippen LogP contribution in [-0.4, -0.2) is 55.3 Å². The van der Waals surface area contributed by atoms with Gasteiger partial charge in [-0.05, 0) is 44.0 Å². The Morgan fingerprint density at radius 2 is 1.93 bits per heavy atom. The Balaban J connectivity index is 0.00000392. The number of benzene rings is 1. The van der Waals surface area contributed by atoms with Crippen LogP contribution in [0.25, 0.3) is 0 Å². The lowest BCUT2D eigenvalue weighted by Crippen LogP contribution is -2.46. The van der Waals surface area contributed by atoms with Crippen LogP contribution in [0.2, 0.25) is 0 Å². The van der Waals surface area contributed by atoms with Gasteiger partial charge in [0.05, 0.1) is 12.5 Å². The molecule has 1 fully saturated rings. The van der Waals surface area contributed by atoms with E-state index in [-0.39, 0.29) is 48.8 Å². The van der Waals surface area contributed by atoms with Gasteiger partial charge >= 0.3 is 0 Å². The molecule has 0 spiro atoms. The van der Waals surface area contributed by atoms with Gasteiger partial charge in [-0.25, -0.2) is 0 Å². The second-order valence-electron chi connectivity index (χ2n) is 6.64. The number of Topliss-reactive ketones (excluding diaryl/α,β-unsaturated/α-hetero) is 1. The first-order valence-corrected chi connectivity index (χ1v) is 9.56. The van der Waals surface area contributed by atoms with E-state index in [0.717, 1.165) is 18.6 Å². The van der Waals surface area contributed by atoms with Crippen LogP contribution in [0.5, 0.6) is 5.75 Å². The number of amides is 2. The highest BCUT2D eigenvalue weighted by molar-refractivity contribution is 5.98. The summed E-state index contributed by atoms with van der Waals surface area (Å²) in [6.45, 7) is 4.36. The Labute approximate surface area is 172 Å². The highest BCUT2D eigenvalue weighted by Gasteiger charge is 2.28. The van der Waals surface area contributed by atoms with Crippen LogP contribution in [0.3, 0.4) is 0 Å². The molecule has 7 nitrogen and oxygen atoms in total. The maximum Gasteiger partial charge on any atom is 0.224 e. The molecule has 28 heavy (non-hydrogen) atoms. The SMILES string of the molecule is CCOc1ccc(C(=O)CCC(=O)N2CCCC(C(=O)NCCN)C2)cc1.Cl. The molecule has 0 radical (unpaired) electrons. The van der Waals surface area contributed by atoms with Gasteiger partial charge in [-0.1, -0.05) is 0 Å². The zero-order valence-electron chi connectivity index (χ0n) is 16.3. The third kappa shape index (κ3) is 7.13. The Morgan fingerprint density at radius 1 is 1.21 bits per heavy atom. The molecule has 1 aromatic carbocycles. The molecule has 0 saturated carbocycles. The number of nitrogens with one attached hydrogen (secondary N) is 1. The Hall–Kier alpha value is -2.12. The zero-order chi connectivity index (χ0) is 19.6. The molecule has 1 heterocycles. The van der Waals surface area contributed by atoms with Crippen molar-refractivity contribution in [3.8, 4) is 5.75 Å². The van der Waals surface area contributed by atoms with Gasteiger partial charge in [-0.2, -0.15) is 0 Å². The first kappa shape index (κ1) is 23.9. The molecule has 2 amide bonds. The number of piperidine rings is 1. The van der Waals surface area contributed by atoms with E-state index in [4.69, 9.17) is 10.5 Å². The summed E-state index contributed by atoms with van der Waals surface area (Å²) in [5.74, 6) is 0.322. The van der Waals surface area contributed by atoms with Crippen LogP contribution in [0.15, 0.2) is 24.3 Å². The minimum Gasteiger partial charge on any atom is -0.494 e. The summed E-state index contributed by atoms with van der Waals surface area (Å²) in [5, 5.41) is 2.78. The fourth-order valence-electron chi connectivity index (χ4n) is 3.18. The van der Waals surface area contributed by atoms with E-state index in [2.05, 4.69) is 5.32 Å². The number of nitrogens with two attached hydrogens (primary N) is 1. The summed E-state index contributed by atoms with van der Waals surface area (Å²) in [5.41, 5.74) is 5.98. The van der Waals surface area contributed by atoms with Crippen LogP contribution in [0, 0.1) is 5.92 Å². The number of halogens is 1. The average Bonchev–Trinajstić information content (AvgIpc) is 2.70. The molecule has 156 valence electrons. The summed E-state index contributed by atoms with van der Waals surface area (Å²) >= 11 is 0. The maximum absolute atomic E-state index is 12.5. The second kappa shape index (κ2) is 12.4. The molecule has 1 aliphatic heterocycles. The smallest absolute Gasteiger partial charge is 0.224 e. The number of rotatable bonds is 9. The first-order chi connectivity index (χ1) is 13.0. The highest BCUT2D eigenvalue weighted by atomic mass is 35.5. The van der Waals surface area contributed by atoms with Gasteiger partial charge in [-0.15, -0.1) is 12.4 Å². The lowest BCUT2D eigenvalue weighted by molar-refractivity contribution is -0.135. The molecule has 1 aromatic rings. The number of hydrogen-bond acceptors (Lipinski definition) is 5. The van der Waals surface area contributed by atoms with Crippen molar-refractivity contribution in [3.05, 3.63) is 29.8 Å². The molecule has 1 aliphatic rings. The normalized spacial score (nSPS) is 16.1. The number of carbonyl (C=O) groups excluding carboxylic acids is 3. The van der Waals surface area contributed by atoms with Gasteiger partial charge in [-0.3, -0.25) is 14.4 Å². The number of ether oxygens (including phenoxy) is 1. The molecular weight excluding hydrogens is 382 g/mol. The van der Waals surface area contributed by atoms with Gasteiger partial charge in [0.2, 0.25) is 11.8 Å². The summed E-state index contributed by atoms with van der Waals surface area (Å²) < 4.78 is 5.36. The van der Waals surface area contributed by atoms with Crippen molar-refractivity contribution in [2.45, 2.75) is 32.6 Å². The maximum atomic E-state index is 12.5. The van der Waals surface area contributed by atoms with Crippen LogP contribution in [-0.2, 0) is 9.59 Å². The minimum absolute atomic E-state index is 0. The molecule has 0 aliphatic carbocycles. The zero-order valence-corrected chi connectivity index (χ0v) is 17.1. The van der Waals surface area contributed by atoms with Gasteiger partial charge in [0.25, 0.3) is 0 Å². The fourth-order valence-corrected chi connectivity index (χ4v) is 3.18. The van der Waals surface area contributed by atoms with E-state index in [1.807, 2.05) is 6.92 Å². The summed E-state index contributed by atoms with van der Waals surface area (Å²) in [6.07, 6.45) is 1.88. The van der Waals surface area contributed by atoms with E-state index in [1.54, 1.807) is 29.2 Å². The van der Waals surface area contributed by atoms with Crippen molar-refractivity contribution < 1.29 is 19.1 Å². The van der Waals surface area contributed by atoms with Crippen LogP contribution in [0.1, 0.15) is 43.0 Å². The van der Waals surface area contributed by atoms with Crippen molar-refractivity contribution in [2.24, 2.45) is 11.7 Å². The molecule has 1 unspecified atom stereocenters. The molecule has 1 atom stereocenters. The van der Waals surface area contributed by atoms with Gasteiger partial charge in [0, 0.05) is 44.6 Å². The van der Waals surface area contributed by atoms with E-state index in [1.165, 1.54) is 0 Å². The topological polar surface area (TPSA) is 102 Å². The average molecular weight is 412 g/mol. The molecule has 2 rings (SSSR count). The standard InChI is InChI=1S/C20H29N3O4.ClH/c1-2-27-17-7-5-15(6-8-17)18(24)9-10-19(25)23-13-3-4-16(14-23)20(26)22-12-11-21;/h5-8,16H,2-4,9-14,21H2,1H3,(H,22,26);1H. The number of ketones is 1. The Kier molecular flexibility index (Phi) is 10.6. The van der Waals surface area contributed by atoms with Crippen LogP contribution < -0.4 is 15.8 Å². The van der Waals surface area contributed by atoms with Crippen LogP contribution in [0.4, 0.5) is 0 Å². The van der Waals surface area contributed by atoms with E-state index in [9.17, 15) is 14.4 Å². The predicted octanol–water partition coefficient (Wildman–Crippen LogP) is 1.78. The minimum atomic E-state index is -0.198.